The van der Waals surface area contributed by atoms with Crippen molar-refractivity contribution in [1.82, 2.24) is 0 Å². The first-order valence-corrected chi connectivity index (χ1v) is 6.95. The predicted octanol–water partition coefficient (Wildman–Crippen LogP) is 3.10. The van der Waals surface area contributed by atoms with Crippen LogP contribution in [0.3, 0.4) is 0 Å². The van der Waals surface area contributed by atoms with Crippen molar-refractivity contribution >= 4 is 17.3 Å². The van der Waals surface area contributed by atoms with Crippen LogP contribution in [0.25, 0.3) is 5.57 Å². The zero-order chi connectivity index (χ0) is 14.6. The average molecular weight is 270 g/mol. The Morgan fingerprint density at radius 1 is 1.15 bits per heavy atom. The van der Waals surface area contributed by atoms with E-state index in [-0.39, 0.29) is 23.6 Å². The lowest BCUT2D eigenvalue weighted by Crippen LogP contribution is -2.08. The summed E-state index contributed by atoms with van der Waals surface area (Å²) >= 11 is 0. The van der Waals surface area contributed by atoms with Crippen molar-refractivity contribution in [3.05, 3.63) is 40.1 Å². The third kappa shape index (κ3) is 1.89. The van der Waals surface area contributed by atoms with Gasteiger partial charge in [0, 0.05) is 18.8 Å². The van der Waals surface area contributed by atoms with E-state index in [4.69, 9.17) is 4.74 Å². The second-order valence-electron chi connectivity index (χ2n) is 5.92. The molecule has 3 rings (SSSR count). The number of hydrogen-bond donors (Lipinski definition) is 0. The van der Waals surface area contributed by atoms with E-state index < -0.39 is 0 Å². The van der Waals surface area contributed by atoms with Gasteiger partial charge in [0.05, 0.1) is 5.57 Å². The molecule has 3 nitrogen and oxygen atoms in total. The minimum atomic E-state index is -0.347. The fourth-order valence-electron chi connectivity index (χ4n) is 3.37. The molecule has 0 saturated heterocycles. The molecular formula is C17H18O3. The van der Waals surface area contributed by atoms with Gasteiger partial charge in [0.15, 0.2) is 5.78 Å². The number of fused-ring (bicyclic) bond motifs is 1. The maximum atomic E-state index is 12.5. The molecule has 0 radical (unpaired) electrons. The first-order chi connectivity index (χ1) is 9.40. The highest BCUT2D eigenvalue weighted by Gasteiger charge is 2.55. The smallest absolute Gasteiger partial charge is 0.307 e. The highest BCUT2D eigenvalue weighted by atomic mass is 16.5. The topological polar surface area (TPSA) is 43.4 Å². The summed E-state index contributed by atoms with van der Waals surface area (Å²) in [6, 6.07) is 4.13. The van der Waals surface area contributed by atoms with Crippen molar-refractivity contribution in [1.29, 1.82) is 0 Å². The normalized spacial score (nSPS) is 23.9. The fraction of sp³-hybridized carbons (Fsp3) is 0.412. The zero-order valence-corrected chi connectivity index (χ0v) is 12.2. The van der Waals surface area contributed by atoms with Crippen LogP contribution in [0.5, 0.6) is 0 Å². The molecule has 0 amide bonds. The predicted molar refractivity (Wildman–Crippen MR) is 75.9 cm³/mol. The number of aryl methyl sites for hydroxylation is 3. The molecule has 2 atom stereocenters. The van der Waals surface area contributed by atoms with E-state index in [2.05, 4.69) is 12.1 Å². The Bertz CT molecular complexity index is 644. The number of ether oxygens (including phenoxy) is 1. The molecule has 0 aromatic heterocycles. The second-order valence-corrected chi connectivity index (χ2v) is 5.92. The lowest BCUT2D eigenvalue weighted by Gasteiger charge is -2.15. The van der Waals surface area contributed by atoms with Crippen molar-refractivity contribution in [2.45, 2.75) is 34.1 Å². The molecule has 1 aromatic rings. The van der Waals surface area contributed by atoms with Crippen LogP contribution >= 0.6 is 0 Å². The van der Waals surface area contributed by atoms with Crippen LogP contribution < -0.4 is 0 Å². The van der Waals surface area contributed by atoms with Crippen molar-refractivity contribution in [3.63, 3.8) is 0 Å². The number of rotatable bonds is 2. The van der Waals surface area contributed by atoms with Gasteiger partial charge in [-0.3, -0.25) is 9.59 Å². The minimum absolute atomic E-state index is 0.0412. The first-order valence-electron chi connectivity index (χ1n) is 6.95. The Hall–Kier alpha value is -1.90. The Balaban J connectivity index is 2.18. The Kier molecular flexibility index (Phi) is 2.82. The Morgan fingerprint density at radius 2 is 1.75 bits per heavy atom. The Labute approximate surface area is 118 Å². The van der Waals surface area contributed by atoms with Gasteiger partial charge < -0.3 is 4.74 Å². The summed E-state index contributed by atoms with van der Waals surface area (Å²) < 4.78 is 5.36. The van der Waals surface area contributed by atoms with Crippen molar-refractivity contribution in [3.8, 4) is 0 Å². The van der Waals surface area contributed by atoms with Gasteiger partial charge in [-0.15, -0.1) is 0 Å². The Morgan fingerprint density at radius 3 is 2.30 bits per heavy atom. The molecule has 0 N–H and O–H groups in total. The van der Waals surface area contributed by atoms with E-state index in [0.717, 1.165) is 23.1 Å². The number of carbonyl (C=O) groups is 2. The largest absolute Gasteiger partial charge is 0.430 e. The van der Waals surface area contributed by atoms with Crippen LogP contribution in [-0.4, -0.2) is 11.8 Å². The van der Waals surface area contributed by atoms with E-state index >= 15 is 0 Å². The quantitative estimate of drug-likeness (QED) is 0.776. The van der Waals surface area contributed by atoms with Gasteiger partial charge in [-0.25, -0.2) is 0 Å². The van der Waals surface area contributed by atoms with Gasteiger partial charge >= 0.3 is 5.97 Å². The molecule has 20 heavy (non-hydrogen) atoms. The summed E-state index contributed by atoms with van der Waals surface area (Å²) in [5.74, 6) is 0.560. The molecule has 0 aliphatic heterocycles. The van der Waals surface area contributed by atoms with Gasteiger partial charge in [0.25, 0.3) is 0 Å². The lowest BCUT2D eigenvalue weighted by molar-refractivity contribution is -0.137. The molecule has 104 valence electrons. The van der Waals surface area contributed by atoms with Gasteiger partial charge in [0.1, 0.15) is 5.76 Å². The van der Waals surface area contributed by atoms with E-state index in [0.29, 0.717) is 11.3 Å². The number of hydrogen-bond acceptors (Lipinski definition) is 3. The molecule has 1 fully saturated rings. The third-order valence-electron chi connectivity index (χ3n) is 4.14. The molecule has 0 spiro atoms. The maximum absolute atomic E-state index is 12.5. The summed E-state index contributed by atoms with van der Waals surface area (Å²) in [7, 11) is 0. The van der Waals surface area contributed by atoms with Crippen LogP contribution in [0, 0.1) is 32.6 Å². The summed E-state index contributed by atoms with van der Waals surface area (Å²) in [6.07, 6.45) is 0.828. The molecular weight excluding hydrogens is 252 g/mol. The molecule has 2 unspecified atom stereocenters. The van der Waals surface area contributed by atoms with E-state index in [1.165, 1.54) is 12.5 Å². The molecule has 2 aliphatic carbocycles. The first kappa shape index (κ1) is 13.1. The number of carbonyl (C=O) groups excluding carboxylic acids is 2. The van der Waals surface area contributed by atoms with Crippen molar-refractivity contribution < 1.29 is 14.3 Å². The van der Waals surface area contributed by atoms with Crippen LogP contribution in [0.4, 0.5) is 0 Å². The SMILES string of the molecule is CC(=O)OC1=C(c2c(C)cc(C)cc2C)C(=O)C2CC12. The van der Waals surface area contributed by atoms with Crippen LogP contribution in [0.15, 0.2) is 17.9 Å². The summed E-state index contributed by atoms with van der Waals surface area (Å²) in [6.45, 7) is 7.44. The second kappa shape index (κ2) is 4.30. The summed E-state index contributed by atoms with van der Waals surface area (Å²) in [4.78, 5) is 23.8. The molecule has 1 aromatic carbocycles. The standard InChI is InChI=1S/C17H18O3/c1-8-5-9(2)14(10(3)6-8)15-16(19)12-7-13(12)17(15)20-11(4)18/h5-6,12-13H,7H2,1-4H3. The van der Waals surface area contributed by atoms with Crippen LogP contribution in [-0.2, 0) is 14.3 Å². The van der Waals surface area contributed by atoms with Crippen molar-refractivity contribution in [2.75, 3.05) is 0 Å². The monoisotopic (exact) mass is 270 g/mol. The van der Waals surface area contributed by atoms with Gasteiger partial charge in [-0.05, 0) is 43.9 Å². The zero-order valence-electron chi connectivity index (χ0n) is 12.2. The number of benzene rings is 1. The number of esters is 1. The lowest BCUT2D eigenvalue weighted by atomic mass is 9.91. The van der Waals surface area contributed by atoms with Crippen molar-refractivity contribution in [2.24, 2.45) is 11.8 Å². The summed E-state index contributed by atoms with van der Waals surface area (Å²) in [5, 5.41) is 0. The molecule has 1 saturated carbocycles. The fourth-order valence-corrected chi connectivity index (χ4v) is 3.37. The van der Waals surface area contributed by atoms with Gasteiger partial charge in [-0.2, -0.15) is 0 Å². The average Bonchev–Trinajstić information content (AvgIpc) is 3.05. The molecule has 0 bridgehead atoms. The minimum Gasteiger partial charge on any atom is -0.430 e. The van der Waals surface area contributed by atoms with Gasteiger partial charge in [-0.1, -0.05) is 17.7 Å². The highest BCUT2D eigenvalue weighted by molar-refractivity contribution is 6.27. The summed E-state index contributed by atoms with van der Waals surface area (Å²) in [5.41, 5.74) is 4.89. The van der Waals surface area contributed by atoms with Crippen LogP contribution in [0.1, 0.15) is 35.6 Å². The highest BCUT2D eigenvalue weighted by Crippen LogP contribution is 2.56. The molecule has 2 aliphatic rings. The molecule has 3 heteroatoms. The van der Waals surface area contributed by atoms with Crippen LogP contribution in [0.2, 0.25) is 0 Å². The maximum Gasteiger partial charge on any atom is 0.307 e. The van der Waals surface area contributed by atoms with E-state index in [1.54, 1.807) is 0 Å². The third-order valence-corrected chi connectivity index (χ3v) is 4.14. The van der Waals surface area contributed by atoms with Gasteiger partial charge in [0.2, 0.25) is 0 Å². The number of allylic oxidation sites excluding steroid dienone is 2. The van der Waals surface area contributed by atoms with E-state index in [1.807, 2.05) is 20.8 Å². The number of Topliss-reactive ketones (excluding diaryl/α,β-unsaturated/α-hetero) is 1. The number of ketones is 1. The van der Waals surface area contributed by atoms with E-state index in [9.17, 15) is 9.59 Å². The molecule has 0 heterocycles.